The van der Waals surface area contributed by atoms with Gasteiger partial charge in [0.25, 0.3) is 0 Å². The van der Waals surface area contributed by atoms with Crippen LogP contribution in [0.25, 0.3) is 0 Å². The van der Waals surface area contributed by atoms with Crippen molar-refractivity contribution in [2.75, 3.05) is 18.0 Å². The van der Waals surface area contributed by atoms with E-state index in [1.165, 1.54) is 11.5 Å². The Morgan fingerprint density at radius 2 is 2.16 bits per heavy atom. The number of oxime groups is 1. The Hall–Kier alpha value is -1.37. The summed E-state index contributed by atoms with van der Waals surface area (Å²) < 4.78 is 4.41. The van der Waals surface area contributed by atoms with Gasteiger partial charge >= 0.3 is 0 Å². The van der Waals surface area contributed by atoms with E-state index in [4.69, 9.17) is 10.9 Å². The van der Waals surface area contributed by atoms with Crippen LogP contribution in [0.15, 0.2) is 5.16 Å². The summed E-state index contributed by atoms with van der Waals surface area (Å²) in [6.45, 7) is 11.7. The summed E-state index contributed by atoms with van der Waals surface area (Å²) in [6, 6.07) is 0. The monoisotopic (exact) mass is 285 g/mol. The van der Waals surface area contributed by atoms with Crippen molar-refractivity contribution in [1.29, 1.82) is 0 Å². The van der Waals surface area contributed by atoms with Crippen molar-refractivity contribution in [1.82, 2.24) is 9.36 Å². The van der Waals surface area contributed by atoms with Crippen LogP contribution < -0.4 is 10.6 Å². The SMILES string of the molecule is CCN(CC(C)C(N)=NO)c1nc(C(C)(C)C)ns1. The molecule has 0 aliphatic carbocycles. The largest absolute Gasteiger partial charge is 0.409 e. The van der Waals surface area contributed by atoms with Crippen molar-refractivity contribution in [3.63, 3.8) is 0 Å². The van der Waals surface area contributed by atoms with Crippen molar-refractivity contribution in [2.24, 2.45) is 16.8 Å². The summed E-state index contributed by atoms with van der Waals surface area (Å²) in [5.74, 6) is 1.05. The van der Waals surface area contributed by atoms with E-state index in [2.05, 4.69) is 47.1 Å². The second-order valence-corrected chi connectivity index (χ2v) is 6.35. The first-order valence-corrected chi connectivity index (χ1v) is 7.13. The summed E-state index contributed by atoms with van der Waals surface area (Å²) in [7, 11) is 0. The molecule has 0 fully saturated rings. The lowest BCUT2D eigenvalue weighted by Crippen LogP contribution is -2.35. The molecule has 1 unspecified atom stereocenters. The molecular formula is C12H23N5OS. The van der Waals surface area contributed by atoms with Gasteiger partial charge in [-0.25, -0.2) is 4.98 Å². The van der Waals surface area contributed by atoms with Crippen LogP contribution in [0.2, 0.25) is 0 Å². The first kappa shape index (κ1) is 15.7. The molecule has 19 heavy (non-hydrogen) atoms. The van der Waals surface area contributed by atoms with Gasteiger partial charge in [0, 0.05) is 36.0 Å². The molecule has 108 valence electrons. The normalized spacial score (nSPS) is 14.5. The second kappa shape index (κ2) is 6.18. The summed E-state index contributed by atoms with van der Waals surface area (Å²) in [5, 5.41) is 12.6. The molecule has 3 N–H and O–H groups in total. The lowest BCUT2D eigenvalue weighted by Gasteiger charge is -2.23. The van der Waals surface area contributed by atoms with E-state index in [1.54, 1.807) is 0 Å². The van der Waals surface area contributed by atoms with Crippen LogP contribution in [0.3, 0.4) is 0 Å². The Balaban J connectivity index is 2.84. The van der Waals surface area contributed by atoms with Crippen molar-refractivity contribution in [2.45, 2.75) is 40.0 Å². The Labute approximate surface area is 118 Å². The molecule has 1 heterocycles. The lowest BCUT2D eigenvalue weighted by molar-refractivity contribution is 0.314. The topological polar surface area (TPSA) is 87.6 Å². The standard InChI is InChI=1S/C12H23N5OS/c1-6-17(7-8(2)9(13)15-18)11-14-10(16-19-11)12(3,4)5/h8,18H,6-7H2,1-5H3,(H2,13,15). The Morgan fingerprint density at radius 1 is 1.53 bits per heavy atom. The fraction of sp³-hybridized carbons (Fsp3) is 0.750. The van der Waals surface area contributed by atoms with Crippen LogP contribution in [0, 0.1) is 5.92 Å². The first-order valence-electron chi connectivity index (χ1n) is 6.36. The van der Waals surface area contributed by atoms with Crippen LogP contribution in [-0.2, 0) is 5.41 Å². The molecule has 0 aromatic carbocycles. The van der Waals surface area contributed by atoms with Gasteiger partial charge in [-0.2, -0.15) is 4.37 Å². The average Bonchev–Trinajstić information content (AvgIpc) is 2.83. The average molecular weight is 285 g/mol. The molecule has 1 atom stereocenters. The molecule has 0 saturated heterocycles. The van der Waals surface area contributed by atoms with Crippen LogP contribution in [0.5, 0.6) is 0 Å². The molecule has 0 aliphatic rings. The number of hydrogen-bond acceptors (Lipinski definition) is 6. The van der Waals surface area contributed by atoms with Gasteiger partial charge in [0.2, 0.25) is 5.13 Å². The Bertz CT molecular complexity index is 438. The van der Waals surface area contributed by atoms with Gasteiger partial charge in [-0.1, -0.05) is 32.9 Å². The van der Waals surface area contributed by atoms with Crippen LogP contribution >= 0.6 is 11.5 Å². The fourth-order valence-corrected chi connectivity index (χ4v) is 2.44. The third-order valence-corrected chi connectivity index (χ3v) is 3.63. The van der Waals surface area contributed by atoms with Gasteiger partial charge < -0.3 is 15.8 Å². The number of hydrogen-bond donors (Lipinski definition) is 2. The number of anilines is 1. The number of amidine groups is 1. The van der Waals surface area contributed by atoms with E-state index >= 15 is 0 Å². The minimum absolute atomic E-state index is 0.0352. The minimum Gasteiger partial charge on any atom is -0.409 e. The zero-order valence-corrected chi connectivity index (χ0v) is 13.0. The third kappa shape index (κ3) is 4.05. The molecule has 1 aromatic rings. The van der Waals surface area contributed by atoms with Crippen molar-refractivity contribution >= 4 is 22.5 Å². The fourth-order valence-electron chi connectivity index (χ4n) is 1.51. The maximum absolute atomic E-state index is 8.69. The summed E-state index contributed by atoms with van der Waals surface area (Å²) in [5.41, 5.74) is 5.56. The number of nitrogens with two attached hydrogens (primary N) is 1. The third-order valence-electron chi connectivity index (χ3n) is 2.85. The predicted octanol–water partition coefficient (Wildman–Crippen LogP) is 2.04. The maximum Gasteiger partial charge on any atom is 0.205 e. The molecular weight excluding hydrogens is 262 g/mol. The maximum atomic E-state index is 8.69. The van der Waals surface area contributed by atoms with Gasteiger partial charge in [0.1, 0.15) is 11.7 Å². The van der Waals surface area contributed by atoms with E-state index in [9.17, 15) is 0 Å². The highest BCUT2D eigenvalue weighted by atomic mass is 32.1. The number of nitrogens with zero attached hydrogens (tertiary/aromatic N) is 4. The molecule has 7 heteroatoms. The predicted molar refractivity (Wildman–Crippen MR) is 79.1 cm³/mol. The van der Waals surface area contributed by atoms with Gasteiger partial charge in [-0.05, 0) is 6.92 Å². The summed E-state index contributed by atoms with van der Waals surface area (Å²) >= 11 is 1.39. The van der Waals surface area contributed by atoms with Gasteiger partial charge in [-0.3, -0.25) is 0 Å². The first-order chi connectivity index (χ1) is 8.79. The zero-order chi connectivity index (χ0) is 14.6. The molecule has 0 radical (unpaired) electrons. The van der Waals surface area contributed by atoms with Gasteiger partial charge in [-0.15, -0.1) is 0 Å². The molecule has 1 rings (SSSR count). The van der Waals surface area contributed by atoms with E-state index in [0.29, 0.717) is 6.54 Å². The highest BCUT2D eigenvalue weighted by Gasteiger charge is 2.22. The molecule has 0 aliphatic heterocycles. The summed E-state index contributed by atoms with van der Waals surface area (Å²) in [6.07, 6.45) is 0. The zero-order valence-electron chi connectivity index (χ0n) is 12.2. The molecule has 6 nitrogen and oxygen atoms in total. The van der Waals surface area contributed by atoms with Gasteiger partial charge in [0.15, 0.2) is 0 Å². The van der Waals surface area contributed by atoms with Gasteiger partial charge in [0.05, 0.1) is 0 Å². The smallest absolute Gasteiger partial charge is 0.205 e. The Kier molecular flexibility index (Phi) is 5.11. The van der Waals surface area contributed by atoms with Crippen LogP contribution in [-0.4, -0.2) is 33.5 Å². The molecule has 1 aromatic heterocycles. The second-order valence-electron chi connectivity index (χ2n) is 5.62. The molecule has 0 spiro atoms. The summed E-state index contributed by atoms with van der Waals surface area (Å²) in [4.78, 5) is 6.67. The van der Waals surface area contributed by atoms with E-state index < -0.39 is 0 Å². The van der Waals surface area contributed by atoms with E-state index in [-0.39, 0.29) is 17.2 Å². The van der Waals surface area contributed by atoms with E-state index in [0.717, 1.165) is 17.5 Å². The molecule has 0 saturated carbocycles. The Morgan fingerprint density at radius 3 is 2.58 bits per heavy atom. The highest BCUT2D eigenvalue weighted by molar-refractivity contribution is 7.09. The number of aromatic nitrogens is 2. The molecule has 0 amide bonds. The highest BCUT2D eigenvalue weighted by Crippen LogP contribution is 2.25. The lowest BCUT2D eigenvalue weighted by atomic mass is 9.96. The van der Waals surface area contributed by atoms with Crippen molar-refractivity contribution in [3.8, 4) is 0 Å². The van der Waals surface area contributed by atoms with Crippen LogP contribution in [0.1, 0.15) is 40.4 Å². The minimum atomic E-state index is -0.0502. The van der Waals surface area contributed by atoms with Crippen molar-refractivity contribution in [3.05, 3.63) is 5.82 Å². The van der Waals surface area contributed by atoms with E-state index in [1.807, 2.05) is 6.92 Å². The molecule has 0 bridgehead atoms. The number of rotatable bonds is 5. The van der Waals surface area contributed by atoms with Crippen molar-refractivity contribution < 1.29 is 5.21 Å². The quantitative estimate of drug-likeness (QED) is 0.374. The van der Waals surface area contributed by atoms with Crippen LogP contribution in [0.4, 0.5) is 5.13 Å².